The SMILES string of the molecule is CCCc1nc(CN(CC)C(=O)C[C@@H]2C(=O)Nc3ccc(C)cc32)no1. The van der Waals surface area contributed by atoms with Crippen molar-refractivity contribution < 1.29 is 14.1 Å². The summed E-state index contributed by atoms with van der Waals surface area (Å²) in [5, 5.41) is 6.79. The van der Waals surface area contributed by atoms with Gasteiger partial charge >= 0.3 is 0 Å². The van der Waals surface area contributed by atoms with E-state index in [2.05, 4.69) is 15.5 Å². The molecule has 138 valence electrons. The number of aryl methyl sites for hydroxylation is 2. The molecule has 2 heterocycles. The molecule has 26 heavy (non-hydrogen) atoms. The van der Waals surface area contributed by atoms with E-state index in [1.807, 2.05) is 39.0 Å². The highest BCUT2D eigenvalue weighted by Crippen LogP contribution is 2.35. The Morgan fingerprint density at radius 1 is 1.35 bits per heavy atom. The lowest BCUT2D eigenvalue weighted by Crippen LogP contribution is -2.32. The molecule has 2 aromatic rings. The molecule has 0 saturated heterocycles. The fourth-order valence-electron chi connectivity index (χ4n) is 3.17. The van der Waals surface area contributed by atoms with Gasteiger partial charge in [-0.25, -0.2) is 0 Å². The topological polar surface area (TPSA) is 88.3 Å². The summed E-state index contributed by atoms with van der Waals surface area (Å²) in [6, 6.07) is 5.81. The highest BCUT2D eigenvalue weighted by atomic mass is 16.5. The third-order valence-corrected chi connectivity index (χ3v) is 4.58. The van der Waals surface area contributed by atoms with Gasteiger partial charge in [0, 0.05) is 25.1 Å². The van der Waals surface area contributed by atoms with Crippen LogP contribution in [0.25, 0.3) is 0 Å². The Labute approximate surface area is 152 Å². The van der Waals surface area contributed by atoms with Gasteiger partial charge < -0.3 is 14.7 Å². The quantitative estimate of drug-likeness (QED) is 0.824. The fraction of sp³-hybridized carbons (Fsp3) is 0.474. The average Bonchev–Trinajstić information content (AvgIpc) is 3.18. The molecule has 3 rings (SSSR count). The van der Waals surface area contributed by atoms with Crippen molar-refractivity contribution in [2.24, 2.45) is 0 Å². The van der Waals surface area contributed by atoms with E-state index in [1.54, 1.807) is 4.90 Å². The molecule has 7 nitrogen and oxygen atoms in total. The summed E-state index contributed by atoms with van der Waals surface area (Å²) in [7, 11) is 0. The van der Waals surface area contributed by atoms with E-state index in [4.69, 9.17) is 4.52 Å². The summed E-state index contributed by atoms with van der Waals surface area (Å²) in [5.74, 6) is 0.414. The second-order valence-corrected chi connectivity index (χ2v) is 6.60. The molecule has 0 aliphatic carbocycles. The number of anilines is 1. The Kier molecular flexibility index (Phi) is 5.35. The lowest BCUT2D eigenvalue weighted by atomic mass is 9.95. The second-order valence-electron chi connectivity index (χ2n) is 6.60. The molecule has 1 aliphatic heterocycles. The van der Waals surface area contributed by atoms with Crippen molar-refractivity contribution in [2.75, 3.05) is 11.9 Å². The van der Waals surface area contributed by atoms with E-state index in [0.29, 0.717) is 18.3 Å². The van der Waals surface area contributed by atoms with Crippen LogP contribution < -0.4 is 5.32 Å². The lowest BCUT2D eigenvalue weighted by Gasteiger charge is -2.20. The van der Waals surface area contributed by atoms with Crippen LogP contribution in [-0.4, -0.2) is 33.4 Å². The Morgan fingerprint density at radius 3 is 2.88 bits per heavy atom. The van der Waals surface area contributed by atoms with Crippen molar-refractivity contribution >= 4 is 17.5 Å². The Hall–Kier alpha value is -2.70. The van der Waals surface area contributed by atoms with Crippen molar-refractivity contribution in [1.82, 2.24) is 15.0 Å². The number of amides is 2. The molecule has 1 N–H and O–H groups in total. The summed E-state index contributed by atoms with van der Waals surface area (Å²) in [5.41, 5.74) is 2.76. The minimum absolute atomic E-state index is 0.0937. The highest BCUT2D eigenvalue weighted by Gasteiger charge is 2.33. The second kappa shape index (κ2) is 7.68. The van der Waals surface area contributed by atoms with Gasteiger partial charge in [0.2, 0.25) is 17.7 Å². The number of nitrogens with zero attached hydrogens (tertiary/aromatic N) is 3. The Morgan fingerprint density at radius 2 is 2.15 bits per heavy atom. The van der Waals surface area contributed by atoms with E-state index in [9.17, 15) is 9.59 Å². The standard InChI is InChI=1S/C19H24N4O3/c1-4-6-17-21-16(22-26-17)11-23(5-2)18(24)10-14-13-9-12(3)7-8-15(13)20-19(14)25/h7-9,14H,4-6,10-11H2,1-3H3,(H,20,25)/t14-/m0/s1. The van der Waals surface area contributed by atoms with Crippen LogP contribution in [0, 0.1) is 6.92 Å². The molecule has 1 aromatic heterocycles. The first-order valence-corrected chi connectivity index (χ1v) is 9.02. The van der Waals surface area contributed by atoms with Gasteiger partial charge in [0.15, 0.2) is 5.82 Å². The van der Waals surface area contributed by atoms with Gasteiger partial charge in [-0.05, 0) is 31.9 Å². The zero-order valence-corrected chi connectivity index (χ0v) is 15.4. The van der Waals surface area contributed by atoms with Crippen LogP contribution in [0.5, 0.6) is 0 Å². The van der Waals surface area contributed by atoms with Crippen LogP contribution >= 0.6 is 0 Å². The number of rotatable bonds is 7. The summed E-state index contributed by atoms with van der Waals surface area (Å²) >= 11 is 0. The van der Waals surface area contributed by atoms with Gasteiger partial charge in [0.25, 0.3) is 0 Å². The number of benzene rings is 1. The first-order chi connectivity index (χ1) is 12.5. The monoisotopic (exact) mass is 356 g/mol. The maximum Gasteiger partial charge on any atom is 0.232 e. The van der Waals surface area contributed by atoms with Gasteiger partial charge in [-0.3, -0.25) is 9.59 Å². The predicted molar refractivity (Wildman–Crippen MR) is 96.6 cm³/mol. The van der Waals surface area contributed by atoms with Gasteiger partial charge in [0.1, 0.15) is 0 Å². The number of hydrogen-bond donors (Lipinski definition) is 1. The summed E-state index contributed by atoms with van der Waals surface area (Å²) < 4.78 is 5.18. The molecule has 1 aromatic carbocycles. The number of nitrogens with one attached hydrogen (secondary N) is 1. The van der Waals surface area contributed by atoms with Gasteiger partial charge in [-0.1, -0.05) is 29.8 Å². The van der Waals surface area contributed by atoms with E-state index in [-0.39, 0.29) is 24.8 Å². The maximum atomic E-state index is 12.8. The molecule has 0 fully saturated rings. The van der Waals surface area contributed by atoms with Crippen LogP contribution in [0.1, 0.15) is 55.4 Å². The first-order valence-electron chi connectivity index (χ1n) is 9.02. The van der Waals surface area contributed by atoms with Crippen LogP contribution in [0.3, 0.4) is 0 Å². The van der Waals surface area contributed by atoms with E-state index < -0.39 is 5.92 Å². The van der Waals surface area contributed by atoms with Crippen molar-refractivity contribution in [3.8, 4) is 0 Å². The average molecular weight is 356 g/mol. The van der Waals surface area contributed by atoms with Crippen molar-refractivity contribution in [3.05, 3.63) is 41.0 Å². The predicted octanol–water partition coefficient (Wildman–Crippen LogP) is 2.81. The molecule has 1 aliphatic rings. The number of fused-ring (bicyclic) bond motifs is 1. The molecule has 0 radical (unpaired) electrons. The van der Waals surface area contributed by atoms with Crippen LogP contribution in [0.4, 0.5) is 5.69 Å². The summed E-state index contributed by atoms with van der Waals surface area (Å²) in [6.07, 6.45) is 1.79. The molecule has 2 amide bonds. The first kappa shape index (κ1) is 18.1. The summed E-state index contributed by atoms with van der Waals surface area (Å²) in [4.78, 5) is 31.0. The zero-order valence-electron chi connectivity index (χ0n) is 15.4. The van der Waals surface area contributed by atoms with Crippen molar-refractivity contribution in [3.63, 3.8) is 0 Å². The Bertz CT molecular complexity index is 815. The van der Waals surface area contributed by atoms with Gasteiger partial charge in [0.05, 0.1) is 12.5 Å². The third kappa shape index (κ3) is 3.76. The minimum Gasteiger partial charge on any atom is -0.339 e. The number of aromatic nitrogens is 2. The van der Waals surface area contributed by atoms with Crippen molar-refractivity contribution in [2.45, 2.75) is 52.5 Å². The zero-order chi connectivity index (χ0) is 18.7. The normalized spacial score (nSPS) is 15.7. The Balaban J connectivity index is 1.69. The van der Waals surface area contributed by atoms with Crippen LogP contribution in [-0.2, 0) is 22.6 Å². The van der Waals surface area contributed by atoms with E-state index >= 15 is 0 Å². The largest absolute Gasteiger partial charge is 0.339 e. The number of carbonyl (C=O) groups excluding carboxylic acids is 2. The van der Waals surface area contributed by atoms with Crippen molar-refractivity contribution in [1.29, 1.82) is 0 Å². The molecular formula is C19H24N4O3. The molecule has 0 unspecified atom stereocenters. The lowest BCUT2D eigenvalue weighted by molar-refractivity contribution is -0.133. The molecule has 0 saturated carbocycles. The smallest absolute Gasteiger partial charge is 0.232 e. The summed E-state index contributed by atoms with van der Waals surface area (Å²) in [6.45, 7) is 6.73. The molecular weight excluding hydrogens is 332 g/mol. The molecule has 0 spiro atoms. The number of hydrogen-bond acceptors (Lipinski definition) is 5. The van der Waals surface area contributed by atoms with Gasteiger partial charge in [-0.15, -0.1) is 0 Å². The fourth-order valence-corrected chi connectivity index (χ4v) is 3.17. The van der Waals surface area contributed by atoms with E-state index in [0.717, 1.165) is 29.7 Å². The minimum atomic E-state index is -0.452. The van der Waals surface area contributed by atoms with Crippen LogP contribution in [0.2, 0.25) is 0 Å². The number of carbonyl (C=O) groups is 2. The van der Waals surface area contributed by atoms with Gasteiger partial charge in [-0.2, -0.15) is 4.98 Å². The van der Waals surface area contributed by atoms with E-state index in [1.165, 1.54) is 0 Å². The molecule has 0 bridgehead atoms. The molecule has 1 atom stereocenters. The van der Waals surface area contributed by atoms with Crippen LogP contribution in [0.15, 0.2) is 22.7 Å². The maximum absolute atomic E-state index is 12.8. The molecule has 7 heteroatoms. The third-order valence-electron chi connectivity index (χ3n) is 4.58. The highest BCUT2D eigenvalue weighted by molar-refractivity contribution is 6.05.